The predicted octanol–water partition coefficient (Wildman–Crippen LogP) is -0.811. The zero-order chi connectivity index (χ0) is 5.70. The second kappa shape index (κ2) is 3.79. The molecular formula is C3H7O3Si-. The molecule has 0 heterocycles. The predicted molar refractivity (Wildman–Crippen MR) is 22.7 cm³/mol. The Kier molecular flexibility index (Phi) is 3.59. The standard InChI is InChI=1S/C3H7O3Si/c1-2-3-6-7(4)5/h2-3H2,1H3/q-1. The van der Waals surface area contributed by atoms with Gasteiger partial charge in [0.1, 0.15) is 0 Å². The van der Waals surface area contributed by atoms with E-state index in [9.17, 15) is 9.26 Å². The Bertz CT molecular complexity index is 63.2. The van der Waals surface area contributed by atoms with Gasteiger partial charge in [-0.05, 0) is 6.42 Å². The quantitative estimate of drug-likeness (QED) is 0.456. The average molecular weight is 119 g/mol. The minimum absolute atomic E-state index is 0.321. The smallest absolute Gasteiger partial charge is 0.413 e. The first-order valence-corrected chi connectivity index (χ1v) is 3.33. The number of rotatable bonds is 3. The molecule has 0 aromatic heterocycles. The van der Waals surface area contributed by atoms with E-state index in [0.717, 1.165) is 6.42 Å². The van der Waals surface area contributed by atoms with E-state index in [1.165, 1.54) is 0 Å². The first-order chi connectivity index (χ1) is 3.27. The van der Waals surface area contributed by atoms with Crippen LogP contribution in [0.25, 0.3) is 0 Å². The van der Waals surface area contributed by atoms with Gasteiger partial charge in [0.15, 0.2) is 0 Å². The maximum Gasteiger partial charge on any atom is 0.413 e. The lowest BCUT2D eigenvalue weighted by molar-refractivity contribution is -0.229. The van der Waals surface area contributed by atoms with Gasteiger partial charge in [0.05, 0.1) is 0 Å². The summed E-state index contributed by atoms with van der Waals surface area (Å²) in [6.07, 6.45) is 0.749. The molecule has 0 saturated heterocycles. The van der Waals surface area contributed by atoms with Crippen LogP contribution in [0.2, 0.25) is 0 Å². The van der Waals surface area contributed by atoms with Crippen molar-refractivity contribution in [2.45, 2.75) is 13.3 Å². The van der Waals surface area contributed by atoms with Crippen LogP contribution < -0.4 is 4.80 Å². The molecule has 0 aliphatic rings. The topological polar surface area (TPSA) is 49.4 Å². The van der Waals surface area contributed by atoms with E-state index in [1.807, 2.05) is 6.92 Å². The van der Waals surface area contributed by atoms with Crippen molar-refractivity contribution >= 4 is 9.17 Å². The third-order valence-electron chi connectivity index (χ3n) is 0.424. The molecule has 0 N–H and O–H groups in total. The minimum atomic E-state index is -2.90. The van der Waals surface area contributed by atoms with Crippen molar-refractivity contribution in [1.82, 2.24) is 0 Å². The fourth-order valence-corrected chi connectivity index (χ4v) is 0.556. The Hall–Kier alpha value is -0.383. The Morgan fingerprint density at radius 1 is 1.86 bits per heavy atom. The van der Waals surface area contributed by atoms with Gasteiger partial charge in [-0.3, -0.25) is 0 Å². The van der Waals surface area contributed by atoms with Gasteiger partial charge < -0.3 is 13.7 Å². The lowest BCUT2D eigenvalue weighted by atomic mass is 10.5. The van der Waals surface area contributed by atoms with E-state index in [2.05, 4.69) is 4.43 Å². The third kappa shape index (κ3) is 5.62. The lowest BCUT2D eigenvalue weighted by Gasteiger charge is -2.02. The highest BCUT2D eigenvalue weighted by Crippen LogP contribution is 1.73. The molecule has 4 heteroatoms. The van der Waals surface area contributed by atoms with Gasteiger partial charge in [0, 0.05) is 6.61 Å². The monoisotopic (exact) mass is 119 g/mol. The summed E-state index contributed by atoms with van der Waals surface area (Å²) in [6.45, 7) is 2.17. The number of hydrogen-bond donors (Lipinski definition) is 0. The molecule has 0 saturated carbocycles. The van der Waals surface area contributed by atoms with E-state index in [4.69, 9.17) is 0 Å². The van der Waals surface area contributed by atoms with Crippen molar-refractivity contribution in [1.29, 1.82) is 0 Å². The third-order valence-corrected chi connectivity index (χ3v) is 0.864. The maximum atomic E-state index is 9.61. The normalized spacial score (nSPS) is 8.14. The molecule has 0 unspecified atom stereocenters. The number of hydrogen-bond acceptors (Lipinski definition) is 3. The molecule has 0 aromatic carbocycles. The largest absolute Gasteiger partial charge is 0.588 e. The highest BCUT2D eigenvalue weighted by molar-refractivity contribution is 6.21. The van der Waals surface area contributed by atoms with Crippen molar-refractivity contribution in [3.63, 3.8) is 0 Å². The highest BCUT2D eigenvalue weighted by atomic mass is 28.3. The molecule has 0 spiro atoms. The molecule has 3 nitrogen and oxygen atoms in total. The van der Waals surface area contributed by atoms with Crippen LogP contribution in [0.15, 0.2) is 0 Å². The van der Waals surface area contributed by atoms with Crippen molar-refractivity contribution in [2.24, 2.45) is 0 Å². The molecule has 7 heavy (non-hydrogen) atoms. The van der Waals surface area contributed by atoms with E-state index >= 15 is 0 Å². The molecule has 0 atom stereocenters. The van der Waals surface area contributed by atoms with Gasteiger partial charge in [0.25, 0.3) is 0 Å². The van der Waals surface area contributed by atoms with Gasteiger partial charge in [-0.25, -0.2) is 0 Å². The fraction of sp³-hybridized carbons (Fsp3) is 1.00. The summed E-state index contributed by atoms with van der Waals surface area (Å²) >= 11 is 0. The summed E-state index contributed by atoms with van der Waals surface area (Å²) in [5, 5.41) is 0. The van der Waals surface area contributed by atoms with Crippen LogP contribution in [0.4, 0.5) is 0 Å². The van der Waals surface area contributed by atoms with Gasteiger partial charge in [-0.2, -0.15) is 0 Å². The highest BCUT2D eigenvalue weighted by Gasteiger charge is 1.80. The Balaban J connectivity index is 2.82. The zero-order valence-electron chi connectivity index (χ0n) is 4.14. The molecule has 0 aromatic rings. The molecule has 0 rings (SSSR count). The van der Waals surface area contributed by atoms with Crippen LogP contribution in [0.3, 0.4) is 0 Å². The van der Waals surface area contributed by atoms with Crippen LogP contribution in [-0.2, 0) is 8.89 Å². The van der Waals surface area contributed by atoms with Crippen LogP contribution in [0.5, 0.6) is 0 Å². The maximum absolute atomic E-state index is 9.61. The second-order valence-electron chi connectivity index (χ2n) is 1.10. The van der Waals surface area contributed by atoms with E-state index < -0.39 is 9.17 Å². The van der Waals surface area contributed by atoms with E-state index in [0.29, 0.717) is 6.61 Å². The fourth-order valence-electron chi connectivity index (χ4n) is 0.185. The molecule has 0 bridgehead atoms. The Morgan fingerprint density at radius 3 is 2.57 bits per heavy atom. The SMILES string of the molecule is CCCO[Si](=O)[O-]. The molecule has 0 aliphatic carbocycles. The van der Waals surface area contributed by atoms with E-state index in [1.54, 1.807) is 0 Å². The molecular weight excluding hydrogens is 112 g/mol. The zero-order valence-corrected chi connectivity index (χ0v) is 5.14. The Morgan fingerprint density at radius 2 is 2.43 bits per heavy atom. The van der Waals surface area contributed by atoms with Crippen molar-refractivity contribution < 1.29 is 13.7 Å². The molecule has 0 amide bonds. The van der Waals surface area contributed by atoms with Gasteiger partial charge in [0.2, 0.25) is 0 Å². The van der Waals surface area contributed by atoms with Gasteiger partial charge in [-0.15, -0.1) is 0 Å². The lowest BCUT2D eigenvalue weighted by Crippen LogP contribution is -2.23. The first kappa shape index (κ1) is 6.62. The Labute approximate surface area is 43.8 Å². The summed E-state index contributed by atoms with van der Waals surface area (Å²) in [4.78, 5) is 9.61. The molecule has 0 fully saturated rings. The summed E-state index contributed by atoms with van der Waals surface area (Å²) in [6, 6.07) is 0. The van der Waals surface area contributed by atoms with Gasteiger partial charge >= 0.3 is 9.17 Å². The van der Waals surface area contributed by atoms with Crippen LogP contribution in [0, 0.1) is 0 Å². The van der Waals surface area contributed by atoms with Crippen molar-refractivity contribution in [3.05, 3.63) is 0 Å². The van der Waals surface area contributed by atoms with Crippen LogP contribution >= 0.6 is 0 Å². The summed E-state index contributed by atoms with van der Waals surface area (Å²) in [5.41, 5.74) is 0. The summed E-state index contributed by atoms with van der Waals surface area (Å²) < 4.78 is 13.8. The summed E-state index contributed by atoms with van der Waals surface area (Å²) in [5.74, 6) is 0. The molecule has 42 valence electrons. The minimum Gasteiger partial charge on any atom is -0.588 e. The van der Waals surface area contributed by atoms with E-state index in [-0.39, 0.29) is 0 Å². The molecule has 0 aliphatic heterocycles. The van der Waals surface area contributed by atoms with Crippen molar-refractivity contribution in [3.8, 4) is 0 Å². The first-order valence-electron chi connectivity index (χ1n) is 2.11. The average Bonchev–Trinajstić information content (AvgIpc) is 1.61. The van der Waals surface area contributed by atoms with Gasteiger partial charge in [-0.1, -0.05) is 6.92 Å². The van der Waals surface area contributed by atoms with Crippen LogP contribution in [0.1, 0.15) is 13.3 Å². The van der Waals surface area contributed by atoms with Crippen LogP contribution in [-0.4, -0.2) is 15.8 Å². The van der Waals surface area contributed by atoms with Crippen molar-refractivity contribution in [2.75, 3.05) is 6.61 Å². The second-order valence-corrected chi connectivity index (χ2v) is 1.89. The molecule has 0 radical (unpaired) electrons. The summed E-state index contributed by atoms with van der Waals surface area (Å²) in [7, 11) is -2.90.